The van der Waals surface area contributed by atoms with E-state index in [1.54, 1.807) is 6.07 Å². The summed E-state index contributed by atoms with van der Waals surface area (Å²) in [5.41, 5.74) is -0.290. The first kappa shape index (κ1) is 12.3. The third kappa shape index (κ3) is 2.84. The monoisotopic (exact) mass is 324 g/mol. The molecule has 0 atom stereocenters. The number of hydrogen-bond acceptors (Lipinski definition) is 3. The Hall–Kier alpha value is -1.69. The molecule has 2 aromatic rings. The van der Waals surface area contributed by atoms with Gasteiger partial charge in [-0.2, -0.15) is 4.98 Å². The van der Waals surface area contributed by atoms with Crippen molar-refractivity contribution in [3.8, 4) is 11.6 Å². The van der Waals surface area contributed by atoms with E-state index in [1.807, 2.05) is 0 Å². The SMILES string of the molecule is O=c1cc(Oc2cc(Br)ccc2F)nc(C2CC2)[nH]1. The van der Waals surface area contributed by atoms with Gasteiger partial charge in [0.1, 0.15) is 5.82 Å². The van der Waals surface area contributed by atoms with Crippen LogP contribution < -0.4 is 10.3 Å². The van der Waals surface area contributed by atoms with Crippen molar-refractivity contribution in [3.05, 3.63) is 50.7 Å². The minimum Gasteiger partial charge on any atom is -0.436 e. The lowest BCUT2D eigenvalue weighted by molar-refractivity contribution is 0.423. The Bertz CT molecular complexity index is 683. The van der Waals surface area contributed by atoms with Crippen LogP contribution in [-0.2, 0) is 0 Å². The molecule has 0 spiro atoms. The van der Waals surface area contributed by atoms with Gasteiger partial charge in [0, 0.05) is 10.4 Å². The first-order valence-corrected chi connectivity index (χ1v) is 6.65. The van der Waals surface area contributed by atoms with E-state index in [9.17, 15) is 9.18 Å². The van der Waals surface area contributed by atoms with E-state index >= 15 is 0 Å². The van der Waals surface area contributed by atoms with E-state index in [-0.39, 0.29) is 17.2 Å². The molecule has 3 rings (SSSR count). The van der Waals surface area contributed by atoms with Crippen molar-refractivity contribution < 1.29 is 9.13 Å². The maximum absolute atomic E-state index is 13.6. The fourth-order valence-corrected chi connectivity index (χ4v) is 2.06. The molecule has 0 radical (unpaired) electrons. The zero-order valence-electron chi connectivity index (χ0n) is 9.82. The van der Waals surface area contributed by atoms with Crippen molar-refractivity contribution >= 4 is 15.9 Å². The third-order valence-electron chi connectivity index (χ3n) is 2.81. The van der Waals surface area contributed by atoms with Crippen molar-refractivity contribution in [2.75, 3.05) is 0 Å². The van der Waals surface area contributed by atoms with Gasteiger partial charge >= 0.3 is 0 Å². The van der Waals surface area contributed by atoms with Crippen molar-refractivity contribution in [3.63, 3.8) is 0 Å². The Balaban J connectivity index is 1.94. The maximum atomic E-state index is 13.6. The van der Waals surface area contributed by atoms with Gasteiger partial charge in [-0.1, -0.05) is 15.9 Å². The lowest BCUT2D eigenvalue weighted by Gasteiger charge is -2.07. The molecule has 6 heteroatoms. The summed E-state index contributed by atoms with van der Waals surface area (Å²) in [4.78, 5) is 18.4. The molecular formula is C13H10BrFN2O2. The molecule has 19 heavy (non-hydrogen) atoms. The summed E-state index contributed by atoms with van der Waals surface area (Å²) in [6, 6.07) is 5.57. The molecule has 98 valence electrons. The Morgan fingerprint density at radius 1 is 1.37 bits per heavy atom. The second-order valence-corrected chi connectivity index (χ2v) is 5.34. The third-order valence-corrected chi connectivity index (χ3v) is 3.30. The maximum Gasteiger partial charge on any atom is 0.254 e. The molecular weight excluding hydrogens is 315 g/mol. The van der Waals surface area contributed by atoms with Crippen molar-refractivity contribution in [1.82, 2.24) is 9.97 Å². The summed E-state index contributed by atoms with van der Waals surface area (Å²) in [6.45, 7) is 0. The Kier molecular flexibility index (Phi) is 3.10. The molecule has 0 aliphatic heterocycles. The first-order chi connectivity index (χ1) is 9.11. The number of nitrogens with zero attached hydrogens (tertiary/aromatic N) is 1. The standard InChI is InChI=1S/C13H10BrFN2O2/c14-8-3-4-9(15)10(5-8)19-12-6-11(18)16-13(17-12)7-1-2-7/h3-7H,1-2H2,(H,16,17,18). The van der Waals surface area contributed by atoms with E-state index in [0.717, 1.165) is 12.8 Å². The van der Waals surface area contributed by atoms with E-state index in [2.05, 4.69) is 25.9 Å². The normalized spacial score (nSPS) is 14.4. The zero-order valence-corrected chi connectivity index (χ0v) is 11.4. The predicted molar refractivity (Wildman–Crippen MR) is 71.0 cm³/mol. The van der Waals surface area contributed by atoms with Crippen molar-refractivity contribution in [2.45, 2.75) is 18.8 Å². The number of ether oxygens (including phenoxy) is 1. The van der Waals surface area contributed by atoms with Crippen LogP contribution in [0.4, 0.5) is 4.39 Å². The molecule has 1 fully saturated rings. The number of rotatable bonds is 3. The minimum absolute atomic E-state index is 0.0363. The lowest BCUT2D eigenvalue weighted by atomic mass is 10.3. The lowest BCUT2D eigenvalue weighted by Crippen LogP contribution is -2.10. The summed E-state index contributed by atoms with van der Waals surface area (Å²) in [6.07, 6.45) is 2.02. The van der Waals surface area contributed by atoms with Gasteiger partial charge in [0.15, 0.2) is 11.6 Å². The molecule has 1 heterocycles. The molecule has 1 saturated carbocycles. The fraction of sp³-hybridized carbons (Fsp3) is 0.231. The molecule has 0 amide bonds. The van der Waals surface area contributed by atoms with Gasteiger partial charge in [-0.25, -0.2) is 4.39 Å². The average molecular weight is 325 g/mol. The van der Waals surface area contributed by atoms with E-state index in [4.69, 9.17) is 4.74 Å². The highest BCUT2D eigenvalue weighted by Gasteiger charge is 2.26. The fourth-order valence-electron chi connectivity index (χ4n) is 1.72. The minimum atomic E-state index is -0.502. The Morgan fingerprint density at radius 2 is 2.16 bits per heavy atom. The topological polar surface area (TPSA) is 55.0 Å². The van der Waals surface area contributed by atoms with Crippen LogP contribution in [0.2, 0.25) is 0 Å². The zero-order chi connectivity index (χ0) is 13.4. The van der Waals surface area contributed by atoms with Crippen LogP contribution in [0, 0.1) is 5.82 Å². The highest BCUT2D eigenvalue weighted by molar-refractivity contribution is 9.10. The number of halogens is 2. The number of benzene rings is 1. The Labute approximate surface area is 116 Å². The summed E-state index contributed by atoms with van der Waals surface area (Å²) in [5, 5.41) is 0. The summed E-state index contributed by atoms with van der Waals surface area (Å²) in [5.74, 6) is 0.552. The molecule has 1 aromatic carbocycles. The van der Waals surface area contributed by atoms with Gasteiger partial charge in [-0.05, 0) is 31.0 Å². The smallest absolute Gasteiger partial charge is 0.254 e. The van der Waals surface area contributed by atoms with Gasteiger partial charge in [-0.15, -0.1) is 0 Å². The average Bonchev–Trinajstić information content (AvgIpc) is 3.17. The van der Waals surface area contributed by atoms with E-state index in [1.165, 1.54) is 18.2 Å². The predicted octanol–water partition coefficient (Wildman–Crippen LogP) is 3.34. The number of aromatic nitrogens is 2. The van der Waals surface area contributed by atoms with Crippen LogP contribution in [0.5, 0.6) is 11.6 Å². The molecule has 1 aliphatic carbocycles. The van der Waals surface area contributed by atoms with E-state index < -0.39 is 5.82 Å². The highest BCUT2D eigenvalue weighted by atomic mass is 79.9. The van der Waals surface area contributed by atoms with Crippen molar-refractivity contribution in [2.24, 2.45) is 0 Å². The first-order valence-electron chi connectivity index (χ1n) is 5.86. The number of H-pyrrole nitrogens is 1. The van der Waals surface area contributed by atoms with Crippen LogP contribution in [0.3, 0.4) is 0 Å². The van der Waals surface area contributed by atoms with Crippen LogP contribution in [-0.4, -0.2) is 9.97 Å². The molecule has 1 aromatic heterocycles. The largest absolute Gasteiger partial charge is 0.436 e. The molecule has 0 bridgehead atoms. The highest BCUT2D eigenvalue weighted by Crippen LogP contribution is 2.38. The molecule has 1 N–H and O–H groups in total. The van der Waals surface area contributed by atoms with Crippen LogP contribution in [0.25, 0.3) is 0 Å². The molecule has 0 unspecified atom stereocenters. The molecule has 0 saturated heterocycles. The number of aromatic amines is 1. The number of nitrogens with one attached hydrogen (secondary N) is 1. The van der Waals surface area contributed by atoms with Crippen molar-refractivity contribution in [1.29, 1.82) is 0 Å². The van der Waals surface area contributed by atoms with Crippen LogP contribution in [0.15, 0.2) is 33.5 Å². The quantitative estimate of drug-likeness (QED) is 0.942. The summed E-state index contributed by atoms with van der Waals surface area (Å²) >= 11 is 3.24. The van der Waals surface area contributed by atoms with Crippen LogP contribution in [0.1, 0.15) is 24.6 Å². The van der Waals surface area contributed by atoms with E-state index in [0.29, 0.717) is 16.2 Å². The van der Waals surface area contributed by atoms with Gasteiger partial charge in [0.25, 0.3) is 5.56 Å². The van der Waals surface area contributed by atoms with Crippen LogP contribution >= 0.6 is 15.9 Å². The second-order valence-electron chi connectivity index (χ2n) is 4.42. The van der Waals surface area contributed by atoms with Gasteiger partial charge in [0.05, 0.1) is 6.07 Å². The Morgan fingerprint density at radius 3 is 2.89 bits per heavy atom. The summed E-state index contributed by atoms with van der Waals surface area (Å²) < 4.78 is 19.6. The number of hydrogen-bond donors (Lipinski definition) is 1. The molecule has 1 aliphatic rings. The molecule has 4 nitrogen and oxygen atoms in total. The van der Waals surface area contributed by atoms with Gasteiger partial charge in [-0.3, -0.25) is 4.79 Å². The summed E-state index contributed by atoms with van der Waals surface area (Å²) in [7, 11) is 0. The van der Waals surface area contributed by atoms with Gasteiger partial charge < -0.3 is 9.72 Å². The van der Waals surface area contributed by atoms with Gasteiger partial charge in [0.2, 0.25) is 5.88 Å². The second kappa shape index (κ2) is 4.77.